The lowest BCUT2D eigenvalue weighted by Gasteiger charge is -2.22. The maximum Gasteiger partial charge on any atom is 0.407 e. The molecule has 8 nitrogen and oxygen atoms in total. The average Bonchev–Trinajstić information content (AvgIpc) is 2.73. The molecule has 0 radical (unpaired) electrons. The highest BCUT2D eigenvalue weighted by Gasteiger charge is 2.22. The summed E-state index contributed by atoms with van der Waals surface area (Å²) in [6, 6.07) is -0.294. The van der Waals surface area contributed by atoms with Crippen LogP contribution in [0.4, 0.5) is 4.79 Å². The molecule has 0 saturated carbocycles. The van der Waals surface area contributed by atoms with Gasteiger partial charge in [0.15, 0.2) is 5.82 Å². The molecule has 0 aliphatic carbocycles. The normalized spacial score (nSPS) is 13.9. The number of hydrogen-bond acceptors (Lipinski definition) is 6. The van der Waals surface area contributed by atoms with E-state index in [2.05, 4.69) is 20.7 Å². The molecule has 0 saturated heterocycles. The van der Waals surface area contributed by atoms with Crippen LogP contribution in [-0.2, 0) is 16.7 Å². The molecule has 1 amide bonds. The number of aromatic nitrogens is 4. The van der Waals surface area contributed by atoms with Gasteiger partial charge in [0, 0.05) is 13.0 Å². The number of ether oxygens (including phenoxy) is 1. The van der Waals surface area contributed by atoms with Crippen molar-refractivity contribution in [1.29, 1.82) is 0 Å². The number of amides is 1. The van der Waals surface area contributed by atoms with Gasteiger partial charge in [-0.05, 0) is 46.8 Å². The quantitative estimate of drug-likeness (QED) is 0.852. The second-order valence-electron chi connectivity index (χ2n) is 6.95. The first-order chi connectivity index (χ1) is 9.51. The van der Waals surface area contributed by atoms with Crippen molar-refractivity contribution in [3.63, 3.8) is 0 Å². The molecule has 1 aromatic rings. The summed E-state index contributed by atoms with van der Waals surface area (Å²) in [6.07, 6.45) is -0.0904. The van der Waals surface area contributed by atoms with Crippen LogP contribution < -0.4 is 11.1 Å². The molecule has 1 aromatic heterocycles. The predicted octanol–water partition coefficient (Wildman–Crippen LogP) is 0.823. The molecule has 21 heavy (non-hydrogen) atoms. The third kappa shape index (κ3) is 6.07. The van der Waals surface area contributed by atoms with Crippen molar-refractivity contribution in [3.8, 4) is 0 Å². The summed E-state index contributed by atoms with van der Waals surface area (Å²) in [4.78, 5) is 13.3. The number of nitrogens with zero attached hydrogens (tertiary/aromatic N) is 4. The Morgan fingerprint density at radius 3 is 2.38 bits per heavy atom. The van der Waals surface area contributed by atoms with Crippen LogP contribution in [0.15, 0.2) is 0 Å². The highest BCUT2D eigenvalue weighted by Crippen LogP contribution is 2.10. The fourth-order valence-corrected chi connectivity index (χ4v) is 1.50. The molecular weight excluding hydrogens is 272 g/mol. The molecule has 1 atom stereocenters. The lowest BCUT2D eigenvalue weighted by molar-refractivity contribution is 0.0505. The molecule has 1 unspecified atom stereocenters. The molecule has 3 N–H and O–H groups in total. The predicted molar refractivity (Wildman–Crippen MR) is 78.7 cm³/mol. The number of nitrogens with two attached hydrogens (primary N) is 1. The van der Waals surface area contributed by atoms with Crippen molar-refractivity contribution in [2.75, 3.05) is 6.54 Å². The summed E-state index contributed by atoms with van der Waals surface area (Å²) in [5.74, 6) is 0.538. The van der Waals surface area contributed by atoms with Gasteiger partial charge in [0.2, 0.25) is 0 Å². The SMILES string of the molecule is CC(C)(C)OC(=O)NC(CN)Cc1nnn(C(C)(C)C)n1. The largest absolute Gasteiger partial charge is 0.444 e. The summed E-state index contributed by atoms with van der Waals surface area (Å²) < 4.78 is 5.20. The van der Waals surface area contributed by atoms with Crippen molar-refractivity contribution in [3.05, 3.63) is 5.82 Å². The van der Waals surface area contributed by atoms with E-state index in [9.17, 15) is 4.79 Å². The molecule has 0 bridgehead atoms. The number of tetrazole rings is 1. The first-order valence-electron chi connectivity index (χ1n) is 7.00. The Morgan fingerprint density at radius 1 is 1.33 bits per heavy atom. The van der Waals surface area contributed by atoms with E-state index in [0.717, 1.165) is 0 Å². The molecule has 120 valence electrons. The molecule has 1 heterocycles. The zero-order valence-electron chi connectivity index (χ0n) is 13.7. The third-order valence-corrected chi connectivity index (χ3v) is 2.49. The maximum atomic E-state index is 11.7. The van der Waals surface area contributed by atoms with Crippen LogP contribution in [0.5, 0.6) is 0 Å². The van der Waals surface area contributed by atoms with Crippen molar-refractivity contribution in [2.45, 2.75) is 65.1 Å². The summed E-state index contributed by atoms with van der Waals surface area (Å²) in [7, 11) is 0. The van der Waals surface area contributed by atoms with Gasteiger partial charge in [-0.1, -0.05) is 0 Å². The van der Waals surface area contributed by atoms with Gasteiger partial charge in [0.1, 0.15) is 5.60 Å². The Labute approximate surface area is 125 Å². The van der Waals surface area contributed by atoms with Crippen molar-refractivity contribution in [2.24, 2.45) is 5.73 Å². The first-order valence-corrected chi connectivity index (χ1v) is 7.00. The second-order valence-corrected chi connectivity index (χ2v) is 6.95. The van der Waals surface area contributed by atoms with E-state index in [1.165, 1.54) is 0 Å². The lowest BCUT2D eigenvalue weighted by atomic mass is 10.1. The van der Waals surface area contributed by atoms with Crippen molar-refractivity contribution < 1.29 is 9.53 Å². The Morgan fingerprint density at radius 2 is 1.95 bits per heavy atom. The van der Waals surface area contributed by atoms with Crippen LogP contribution in [0.3, 0.4) is 0 Å². The van der Waals surface area contributed by atoms with E-state index in [1.807, 2.05) is 20.8 Å². The minimum absolute atomic E-state index is 0.234. The van der Waals surface area contributed by atoms with Crippen molar-refractivity contribution >= 4 is 6.09 Å². The number of carbonyl (C=O) groups is 1. The molecule has 0 aliphatic heterocycles. The van der Waals surface area contributed by atoms with Gasteiger partial charge < -0.3 is 15.8 Å². The summed E-state index contributed by atoms with van der Waals surface area (Å²) in [5.41, 5.74) is 4.89. The van der Waals surface area contributed by atoms with Crippen LogP contribution in [0.1, 0.15) is 47.4 Å². The number of hydrogen-bond donors (Lipinski definition) is 2. The van der Waals surface area contributed by atoms with Gasteiger partial charge >= 0.3 is 6.09 Å². The van der Waals surface area contributed by atoms with Gasteiger partial charge in [-0.2, -0.15) is 4.80 Å². The summed E-state index contributed by atoms with van der Waals surface area (Å²) >= 11 is 0. The van der Waals surface area contributed by atoms with Crippen LogP contribution in [-0.4, -0.2) is 44.5 Å². The van der Waals surface area contributed by atoms with Crippen LogP contribution >= 0.6 is 0 Å². The second kappa shape index (κ2) is 6.38. The number of nitrogens with one attached hydrogen (secondary N) is 1. The van der Waals surface area contributed by atoms with E-state index in [4.69, 9.17) is 10.5 Å². The monoisotopic (exact) mass is 298 g/mol. The molecule has 0 spiro atoms. The molecule has 1 rings (SSSR count). The van der Waals surface area contributed by atoms with E-state index in [1.54, 1.807) is 25.6 Å². The Kier molecular flexibility index (Phi) is 5.27. The van der Waals surface area contributed by atoms with Crippen LogP contribution in [0.2, 0.25) is 0 Å². The standard InChI is InChI=1S/C13H26N6O2/c1-12(2,3)19-17-10(16-18-19)7-9(8-14)15-11(20)21-13(4,5)6/h9H,7-8,14H2,1-6H3,(H,15,20). The van der Waals surface area contributed by atoms with Crippen LogP contribution in [0, 0.1) is 0 Å². The minimum atomic E-state index is -0.545. The molecule has 8 heteroatoms. The number of alkyl carbamates (subject to hydrolysis) is 1. The molecule has 0 aliphatic rings. The fourth-order valence-electron chi connectivity index (χ4n) is 1.50. The maximum absolute atomic E-state index is 11.7. The third-order valence-electron chi connectivity index (χ3n) is 2.49. The highest BCUT2D eigenvalue weighted by molar-refractivity contribution is 5.68. The Hall–Kier alpha value is -1.70. The lowest BCUT2D eigenvalue weighted by Crippen LogP contribution is -2.44. The molecular formula is C13H26N6O2. The average molecular weight is 298 g/mol. The van der Waals surface area contributed by atoms with Gasteiger partial charge in [0.05, 0.1) is 11.6 Å². The number of rotatable bonds is 4. The highest BCUT2D eigenvalue weighted by atomic mass is 16.6. The van der Waals surface area contributed by atoms with E-state index in [-0.39, 0.29) is 18.1 Å². The fraction of sp³-hybridized carbons (Fsp3) is 0.846. The first kappa shape index (κ1) is 17.4. The molecule has 0 aromatic carbocycles. The zero-order valence-corrected chi connectivity index (χ0v) is 13.7. The smallest absolute Gasteiger partial charge is 0.407 e. The van der Waals surface area contributed by atoms with E-state index < -0.39 is 11.7 Å². The van der Waals surface area contributed by atoms with E-state index in [0.29, 0.717) is 12.2 Å². The minimum Gasteiger partial charge on any atom is -0.444 e. The van der Waals surface area contributed by atoms with Gasteiger partial charge in [0.25, 0.3) is 0 Å². The molecule has 0 fully saturated rings. The van der Waals surface area contributed by atoms with E-state index >= 15 is 0 Å². The Bertz CT molecular complexity index is 472. The summed E-state index contributed by atoms with van der Waals surface area (Å²) in [6.45, 7) is 11.6. The van der Waals surface area contributed by atoms with Crippen LogP contribution in [0.25, 0.3) is 0 Å². The van der Waals surface area contributed by atoms with Crippen molar-refractivity contribution in [1.82, 2.24) is 25.5 Å². The number of carbonyl (C=O) groups excluding carboxylic acids is 1. The van der Waals surface area contributed by atoms with Gasteiger partial charge in [-0.3, -0.25) is 0 Å². The summed E-state index contributed by atoms with van der Waals surface area (Å²) in [5, 5.41) is 15.0. The Balaban J connectivity index is 2.62. The topological polar surface area (TPSA) is 108 Å². The zero-order chi connectivity index (χ0) is 16.3. The van der Waals surface area contributed by atoms with Gasteiger partial charge in [-0.25, -0.2) is 4.79 Å². The van der Waals surface area contributed by atoms with Gasteiger partial charge in [-0.15, -0.1) is 10.2 Å².